The van der Waals surface area contributed by atoms with E-state index in [1.807, 2.05) is 18.2 Å². The molecule has 1 atom stereocenters. The molecule has 0 aliphatic carbocycles. The molecule has 4 heterocycles. The number of hydrogen-bond acceptors (Lipinski definition) is 7. The molecule has 1 aromatic carbocycles. The van der Waals surface area contributed by atoms with Crippen LogP contribution in [0.25, 0.3) is 0 Å². The molecule has 3 aliphatic rings. The molecule has 178 valence electrons. The fourth-order valence-electron chi connectivity index (χ4n) is 4.26. The summed E-state index contributed by atoms with van der Waals surface area (Å²) in [4.78, 5) is 43.7. The number of carbonyl (C=O) groups is 3. The summed E-state index contributed by atoms with van der Waals surface area (Å²) in [5.74, 6) is 5.85. The average molecular weight is 597 g/mol. The van der Waals surface area contributed by atoms with Crippen molar-refractivity contribution >= 4 is 54.9 Å². The van der Waals surface area contributed by atoms with Crippen LogP contribution < -0.4 is 15.4 Å². The van der Waals surface area contributed by atoms with Crippen LogP contribution in [-0.4, -0.2) is 98.8 Å². The fraction of sp³-hybridized carbons (Fsp3) is 0.333. The second-order valence-electron chi connectivity index (χ2n) is 8.36. The number of benzene rings is 1. The van der Waals surface area contributed by atoms with Gasteiger partial charge in [-0.05, 0) is 6.07 Å². The normalized spacial score (nSPS) is 21.2. The topological polar surface area (TPSA) is 100 Å². The van der Waals surface area contributed by atoms with Gasteiger partial charge in [0.1, 0.15) is 5.75 Å². The van der Waals surface area contributed by atoms with E-state index >= 15 is 0 Å². The molecule has 5 rings (SSSR count). The van der Waals surface area contributed by atoms with Crippen molar-refractivity contribution < 1.29 is 23.9 Å². The number of urea groups is 1. The standard InChI is InChI=1S/C24H22N4O5S.Sn/c1-32-17-3-2-16-13-28(21(29)20(16)12-17)15-24(22(30)25-23(31)26-24)7-6-18-4-5-19(34-18)14-27-8-10-33-11-9-27;/h2-5,12H,8-11,13,15H2,1H3,(H2,25,26,30,31);/t24-;/m1./s1. The third-order valence-electron chi connectivity index (χ3n) is 6.13. The van der Waals surface area contributed by atoms with Gasteiger partial charge in [-0.3, -0.25) is 0 Å². The zero-order valence-electron chi connectivity index (χ0n) is 19.0. The van der Waals surface area contributed by atoms with Crippen molar-refractivity contribution in [3.8, 4) is 17.6 Å². The quantitative estimate of drug-likeness (QED) is 0.293. The molecular formula is C24H22N4O5SSn. The van der Waals surface area contributed by atoms with Gasteiger partial charge in [0.25, 0.3) is 0 Å². The molecule has 9 nitrogen and oxygen atoms in total. The van der Waals surface area contributed by atoms with Crippen LogP contribution in [0.1, 0.15) is 25.7 Å². The Kier molecular flexibility index (Phi) is 6.57. The Labute approximate surface area is 219 Å². The number of methoxy groups -OCH3 is 1. The van der Waals surface area contributed by atoms with Crippen LogP contribution in [0.3, 0.4) is 0 Å². The van der Waals surface area contributed by atoms with Gasteiger partial charge in [0.2, 0.25) is 0 Å². The molecule has 0 bridgehead atoms. The zero-order chi connectivity index (χ0) is 24.6. The first-order valence-corrected chi connectivity index (χ1v) is 13.3. The van der Waals surface area contributed by atoms with Crippen LogP contribution >= 0.6 is 11.3 Å². The number of carbonyl (C=O) groups excluding carboxylic acids is 3. The maximum atomic E-state index is 13.1. The van der Waals surface area contributed by atoms with Gasteiger partial charge < -0.3 is 4.74 Å². The van der Waals surface area contributed by atoms with Crippen LogP contribution in [0.15, 0.2) is 30.3 Å². The Morgan fingerprint density at radius 2 is 2.03 bits per heavy atom. The molecule has 0 saturated carbocycles. The minimum atomic E-state index is -1.53. The number of thiophene rings is 1. The number of morpholine rings is 1. The van der Waals surface area contributed by atoms with Crippen molar-refractivity contribution in [3.63, 3.8) is 0 Å². The summed E-state index contributed by atoms with van der Waals surface area (Å²) in [7, 11) is 1.54. The number of hydrogen-bond donors (Lipinski definition) is 2. The van der Waals surface area contributed by atoms with Gasteiger partial charge in [0.05, 0.1) is 7.11 Å². The van der Waals surface area contributed by atoms with Crippen LogP contribution in [0.2, 0.25) is 0 Å². The molecule has 3 aliphatic heterocycles. The van der Waals surface area contributed by atoms with Crippen LogP contribution in [0.4, 0.5) is 4.79 Å². The Hall–Kier alpha value is -2.88. The first-order valence-electron chi connectivity index (χ1n) is 11.0. The van der Waals surface area contributed by atoms with E-state index in [2.05, 4.69) is 27.4 Å². The summed E-state index contributed by atoms with van der Waals surface area (Å²) in [6, 6.07) is 8.64. The molecule has 0 unspecified atom stereocenters. The van der Waals surface area contributed by atoms with E-state index in [0.717, 1.165) is 41.6 Å². The predicted octanol–water partition coefficient (Wildman–Crippen LogP) is 0.321. The number of ether oxygens (including phenoxy) is 2. The van der Waals surface area contributed by atoms with E-state index < -0.39 is 17.5 Å². The maximum absolute atomic E-state index is 13.1. The summed E-state index contributed by atoms with van der Waals surface area (Å²) in [5, 5.41) is 4.93. The van der Waals surface area contributed by atoms with Gasteiger partial charge in [0, 0.05) is 0 Å². The molecule has 11 heteroatoms. The van der Waals surface area contributed by atoms with Crippen LogP contribution in [0, 0.1) is 11.8 Å². The van der Waals surface area contributed by atoms with Gasteiger partial charge in [-0.2, -0.15) is 0 Å². The van der Waals surface area contributed by atoms with Crippen molar-refractivity contribution in [2.45, 2.75) is 12.1 Å². The third kappa shape index (κ3) is 4.68. The molecular weight excluding hydrogens is 575 g/mol. The van der Waals surface area contributed by atoms with Crippen molar-refractivity contribution in [1.29, 1.82) is 0 Å². The van der Waals surface area contributed by atoms with Crippen LogP contribution in [0.5, 0.6) is 5.75 Å². The Balaban J connectivity index is 1.38. The van der Waals surface area contributed by atoms with Gasteiger partial charge in [-0.1, -0.05) is 0 Å². The third-order valence-corrected chi connectivity index (χ3v) is 9.33. The van der Waals surface area contributed by atoms with Gasteiger partial charge in [0.15, 0.2) is 0 Å². The van der Waals surface area contributed by atoms with E-state index in [1.54, 1.807) is 30.6 Å². The van der Waals surface area contributed by atoms with Gasteiger partial charge in [-0.15, -0.1) is 0 Å². The molecule has 4 amide bonds. The molecule has 1 aromatic heterocycles. The van der Waals surface area contributed by atoms with Crippen molar-refractivity contribution in [2.24, 2.45) is 0 Å². The first kappa shape index (κ1) is 23.8. The summed E-state index contributed by atoms with van der Waals surface area (Å²) in [5.41, 5.74) is -0.169. The minimum absolute atomic E-state index is 0.0605. The molecule has 2 saturated heterocycles. The zero-order valence-corrected chi connectivity index (χ0v) is 22.6. The Bertz CT molecular complexity index is 1290. The van der Waals surface area contributed by atoms with Crippen LogP contribution in [-0.2, 0) is 16.1 Å². The molecule has 35 heavy (non-hydrogen) atoms. The number of rotatable bonds is 5. The van der Waals surface area contributed by atoms with Crippen molar-refractivity contribution in [1.82, 2.24) is 20.4 Å². The summed E-state index contributed by atoms with van der Waals surface area (Å²) < 4.78 is 11.9. The van der Waals surface area contributed by atoms with E-state index in [4.69, 9.17) is 9.47 Å². The first-order chi connectivity index (χ1) is 16.9. The molecule has 2 radical (unpaired) electrons. The number of imide groups is 1. The van der Waals surface area contributed by atoms with Gasteiger partial charge >= 0.3 is 196 Å². The van der Waals surface area contributed by atoms with E-state index in [0.29, 0.717) is 17.9 Å². The predicted molar refractivity (Wildman–Crippen MR) is 131 cm³/mol. The second kappa shape index (κ2) is 9.64. The van der Waals surface area contributed by atoms with E-state index in [-0.39, 0.29) is 12.5 Å². The second-order valence-corrected chi connectivity index (χ2v) is 10.8. The van der Waals surface area contributed by atoms with Crippen molar-refractivity contribution in [2.75, 3.05) is 40.0 Å². The Morgan fingerprint density at radius 1 is 1.23 bits per heavy atom. The molecule has 2 aromatic rings. The fourth-order valence-corrected chi connectivity index (χ4v) is 6.41. The number of amides is 4. The Morgan fingerprint density at radius 3 is 2.74 bits per heavy atom. The summed E-state index contributed by atoms with van der Waals surface area (Å²) in [6.07, 6.45) is 0. The van der Waals surface area contributed by atoms with Crippen molar-refractivity contribution in [3.05, 3.63) is 51.2 Å². The monoisotopic (exact) mass is 598 g/mol. The average Bonchev–Trinajstić information content (AvgIpc) is 3.54. The molecule has 2 fully saturated rings. The number of nitrogens with one attached hydrogen (secondary N) is 2. The summed E-state index contributed by atoms with van der Waals surface area (Å²) in [6.45, 7) is 3.44. The summed E-state index contributed by atoms with van der Waals surface area (Å²) >= 11 is 2.86. The molecule has 0 spiro atoms. The number of fused-ring (bicyclic) bond motifs is 1. The van der Waals surface area contributed by atoms with E-state index in [9.17, 15) is 14.4 Å². The molecule has 2 N–H and O–H groups in total. The van der Waals surface area contributed by atoms with Gasteiger partial charge in [-0.25, -0.2) is 0 Å². The van der Waals surface area contributed by atoms with E-state index in [1.165, 1.54) is 30.6 Å². The number of nitrogens with zero attached hydrogens (tertiary/aromatic N) is 2. The SMILES string of the molecule is COc1ccc2c(c1)C(=O)N(C[C@@]1(C#Cc3ccc([C](=[Sn])N4CCOCC4)s3)NC(=O)NC1=O)C2.